The number of aromatic amines is 1. The van der Waals surface area contributed by atoms with Gasteiger partial charge in [-0.3, -0.25) is 4.98 Å². The van der Waals surface area contributed by atoms with E-state index in [0.29, 0.717) is 5.02 Å². The van der Waals surface area contributed by atoms with Crippen LogP contribution in [-0.2, 0) is 0 Å². The van der Waals surface area contributed by atoms with E-state index in [0.717, 1.165) is 28.0 Å². The Balaban J connectivity index is 2.23. The number of imidazole rings is 1. The largest absolute Gasteiger partial charge is 0.337 e. The van der Waals surface area contributed by atoms with Crippen LogP contribution >= 0.6 is 11.6 Å². The number of hydrogen-bond donors (Lipinski definition) is 1. The van der Waals surface area contributed by atoms with Crippen LogP contribution in [0.3, 0.4) is 0 Å². The standard InChI is InChI=1S/C13H10ClN3/c1-8-2-3-9(14)6-10(8)13-16-11-4-5-15-7-12(11)17-13/h2-7H,1H3,(H,16,17). The van der Waals surface area contributed by atoms with Crippen molar-refractivity contribution < 1.29 is 0 Å². The molecule has 0 aliphatic heterocycles. The molecule has 0 unspecified atom stereocenters. The molecule has 0 amide bonds. The molecule has 0 saturated carbocycles. The molecular formula is C13H10ClN3. The lowest BCUT2D eigenvalue weighted by atomic mass is 10.1. The number of aromatic nitrogens is 3. The predicted octanol–water partition coefficient (Wildman–Crippen LogP) is 3.59. The summed E-state index contributed by atoms with van der Waals surface area (Å²) >= 11 is 6.01. The van der Waals surface area contributed by atoms with Crippen LogP contribution in [0.5, 0.6) is 0 Å². The molecule has 17 heavy (non-hydrogen) atoms. The zero-order valence-corrected chi connectivity index (χ0v) is 9.99. The second kappa shape index (κ2) is 3.86. The van der Waals surface area contributed by atoms with Crippen LogP contribution in [0.15, 0.2) is 36.7 Å². The first-order valence-electron chi connectivity index (χ1n) is 5.30. The molecule has 0 spiro atoms. The highest BCUT2D eigenvalue weighted by molar-refractivity contribution is 6.30. The number of hydrogen-bond acceptors (Lipinski definition) is 2. The first-order valence-corrected chi connectivity index (χ1v) is 5.68. The van der Waals surface area contributed by atoms with Crippen LogP contribution in [0.2, 0.25) is 5.02 Å². The van der Waals surface area contributed by atoms with E-state index < -0.39 is 0 Å². The third-order valence-electron chi connectivity index (χ3n) is 2.74. The molecule has 0 radical (unpaired) electrons. The van der Waals surface area contributed by atoms with Gasteiger partial charge in [-0.1, -0.05) is 17.7 Å². The summed E-state index contributed by atoms with van der Waals surface area (Å²) in [6, 6.07) is 7.67. The first-order chi connectivity index (χ1) is 8.24. The number of rotatable bonds is 1. The molecule has 4 heteroatoms. The number of pyridine rings is 1. The van der Waals surface area contributed by atoms with E-state index in [1.165, 1.54) is 0 Å². The van der Waals surface area contributed by atoms with Crippen LogP contribution in [0.1, 0.15) is 5.56 Å². The van der Waals surface area contributed by atoms with E-state index in [4.69, 9.17) is 11.6 Å². The number of halogens is 1. The van der Waals surface area contributed by atoms with Gasteiger partial charge in [0.05, 0.1) is 17.2 Å². The van der Waals surface area contributed by atoms with E-state index in [9.17, 15) is 0 Å². The topological polar surface area (TPSA) is 41.6 Å². The van der Waals surface area contributed by atoms with Gasteiger partial charge in [-0.15, -0.1) is 0 Å². The Morgan fingerprint density at radius 2 is 2.12 bits per heavy atom. The number of aryl methyl sites for hydroxylation is 1. The number of nitrogens with one attached hydrogen (secondary N) is 1. The second-order valence-electron chi connectivity index (χ2n) is 3.94. The van der Waals surface area contributed by atoms with Crippen molar-refractivity contribution in [1.29, 1.82) is 0 Å². The second-order valence-corrected chi connectivity index (χ2v) is 4.37. The molecule has 3 rings (SSSR count). The van der Waals surface area contributed by atoms with Crippen molar-refractivity contribution in [3.8, 4) is 11.4 Å². The average molecular weight is 244 g/mol. The number of H-pyrrole nitrogens is 1. The molecule has 3 nitrogen and oxygen atoms in total. The third kappa shape index (κ3) is 1.78. The molecule has 0 bridgehead atoms. The zero-order valence-electron chi connectivity index (χ0n) is 9.24. The van der Waals surface area contributed by atoms with Crippen molar-refractivity contribution in [2.24, 2.45) is 0 Å². The summed E-state index contributed by atoms with van der Waals surface area (Å²) in [5.41, 5.74) is 4.01. The third-order valence-corrected chi connectivity index (χ3v) is 2.97. The Bertz CT molecular complexity index is 655. The van der Waals surface area contributed by atoms with E-state index in [1.54, 1.807) is 12.4 Å². The van der Waals surface area contributed by atoms with Crippen LogP contribution in [0.25, 0.3) is 22.4 Å². The summed E-state index contributed by atoms with van der Waals surface area (Å²) in [5.74, 6) is 0.827. The Hall–Kier alpha value is -1.87. The summed E-state index contributed by atoms with van der Waals surface area (Å²) in [6.07, 6.45) is 3.50. The quantitative estimate of drug-likeness (QED) is 0.710. The summed E-state index contributed by atoms with van der Waals surface area (Å²) in [6.45, 7) is 2.04. The summed E-state index contributed by atoms with van der Waals surface area (Å²) in [7, 11) is 0. The molecule has 1 N–H and O–H groups in total. The maximum absolute atomic E-state index is 6.01. The number of nitrogens with zero attached hydrogens (tertiary/aromatic N) is 2. The highest BCUT2D eigenvalue weighted by Crippen LogP contribution is 2.25. The predicted molar refractivity (Wildman–Crippen MR) is 69.1 cm³/mol. The van der Waals surface area contributed by atoms with Crippen molar-refractivity contribution in [3.05, 3.63) is 47.2 Å². The molecule has 3 aromatic rings. The monoisotopic (exact) mass is 243 g/mol. The fraction of sp³-hybridized carbons (Fsp3) is 0.0769. The van der Waals surface area contributed by atoms with Crippen molar-refractivity contribution in [2.75, 3.05) is 0 Å². The fourth-order valence-electron chi connectivity index (χ4n) is 1.83. The van der Waals surface area contributed by atoms with E-state index >= 15 is 0 Å². The van der Waals surface area contributed by atoms with Crippen LogP contribution in [0.4, 0.5) is 0 Å². The van der Waals surface area contributed by atoms with E-state index in [1.807, 2.05) is 31.2 Å². The molecular weight excluding hydrogens is 234 g/mol. The number of fused-ring (bicyclic) bond motifs is 1. The SMILES string of the molecule is Cc1ccc(Cl)cc1-c1nc2ccncc2[nH]1. The lowest BCUT2D eigenvalue weighted by Gasteiger charge is -2.02. The van der Waals surface area contributed by atoms with Gasteiger partial charge in [-0.05, 0) is 30.7 Å². The highest BCUT2D eigenvalue weighted by Gasteiger charge is 2.08. The Morgan fingerprint density at radius 3 is 2.94 bits per heavy atom. The molecule has 84 valence electrons. The fourth-order valence-corrected chi connectivity index (χ4v) is 2.01. The molecule has 1 aromatic carbocycles. The van der Waals surface area contributed by atoms with Gasteiger partial charge >= 0.3 is 0 Å². The molecule has 0 saturated heterocycles. The lowest BCUT2D eigenvalue weighted by molar-refractivity contribution is 1.30. The Labute approximate surface area is 103 Å². The summed E-state index contributed by atoms with van der Waals surface area (Å²) < 4.78 is 0. The molecule has 0 atom stereocenters. The van der Waals surface area contributed by atoms with Gasteiger partial charge in [-0.25, -0.2) is 4.98 Å². The first kappa shape index (κ1) is 10.3. The molecule has 0 aliphatic rings. The Kier molecular flexibility index (Phi) is 2.34. The van der Waals surface area contributed by atoms with Gasteiger partial charge in [0.2, 0.25) is 0 Å². The van der Waals surface area contributed by atoms with Gasteiger partial charge in [0, 0.05) is 16.8 Å². The Morgan fingerprint density at radius 1 is 1.24 bits per heavy atom. The minimum absolute atomic E-state index is 0.712. The lowest BCUT2D eigenvalue weighted by Crippen LogP contribution is -1.85. The van der Waals surface area contributed by atoms with Crippen molar-refractivity contribution in [3.63, 3.8) is 0 Å². The number of benzene rings is 1. The average Bonchev–Trinajstić information content (AvgIpc) is 2.75. The summed E-state index contributed by atoms with van der Waals surface area (Å²) in [4.78, 5) is 11.8. The van der Waals surface area contributed by atoms with E-state index in [2.05, 4.69) is 15.0 Å². The van der Waals surface area contributed by atoms with Gasteiger partial charge in [0.15, 0.2) is 0 Å². The van der Waals surface area contributed by atoms with E-state index in [-0.39, 0.29) is 0 Å². The van der Waals surface area contributed by atoms with Crippen LogP contribution < -0.4 is 0 Å². The molecule has 2 heterocycles. The summed E-state index contributed by atoms with van der Waals surface area (Å²) in [5, 5.41) is 0.712. The maximum atomic E-state index is 6.01. The minimum Gasteiger partial charge on any atom is -0.337 e. The molecule has 0 aliphatic carbocycles. The molecule has 2 aromatic heterocycles. The maximum Gasteiger partial charge on any atom is 0.138 e. The van der Waals surface area contributed by atoms with Crippen molar-refractivity contribution in [2.45, 2.75) is 6.92 Å². The zero-order chi connectivity index (χ0) is 11.8. The van der Waals surface area contributed by atoms with Crippen LogP contribution in [-0.4, -0.2) is 15.0 Å². The van der Waals surface area contributed by atoms with Gasteiger partial charge in [-0.2, -0.15) is 0 Å². The van der Waals surface area contributed by atoms with Crippen LogP contribution in [0, 0.1) is 6.92 Å². The highest BCUT2D eigenvalue weighted by atomic mass is 35.5. The smallest absolute Gasteiger partial charge is 0.138 e. The van der Waals surface area contributed by atoms with Crippen molar-refractivity contribution in [1.82, 2.24) is 15.0 Å². The van der Waals surface area contributed by atoms with Gasteiger partial charge < -0.3 is 4.98 Å². The normalized spacial score (nSPS) is 10.9. The van der Waals surface area contributed by atoms with Gasteiger partial charge in [0.1, 0.15) is 5.82 Å². The van der Waals surface area contributed by atoms with Crippen molar-refractivity contribution >= 4 is 22.6 Å². The molecule has 0 fully saturated rings. The minimum atomic E-state index is 0.712. The van der Waals surface area contributed by atoms with Gasteiger partial charge in [0.25, 0.3) is 0 Å².